The summed E-state index contributed by atoms with van der Waals surface area (Å²) >= 11 is 1.51. The van der Waals surface area contributed by atoms with Gasteiger partial charge in [-0.2, -0.15) is 0 Å². The summed E-state index contributed by atoms with van der Waals surface area (Å²) in [5, 5.41) is 20.2. The van der Waals surface area contributed by atoms with E-state index >= 15 is 0 Å². The minimum Gasteiger partial charge on any atom is -0.273 e. The van der Waals surface area contributed by atoms with Crippen molar-refractivity contribution < 1.29 is 13.3 Å². The molecule has 0 aliphatic rings. The molecule has 0 spiro atoms. The second kappa shape index (κ2) is 10.6. The highest BCUT2D eigenvalue weighted by Gasteiger charge is 2.25. The molecule has 1 N–H and O–H groups in total. The fraction of sp³-hybridized carbons (Fsp3) is 0.200. The second-order valence-electron chi connectivity index (χ2n) is 8.38. The fourth-order valence-corrected chi connectivity index (χ4v) is 5.75. The molecule has 0 saturated carbocycles. The zero-order chi connectivity index (χ0) is 25.9. The molecule has 36 heavy (non-hydrogen) atoms. The predicted molar refractivity (Wildman–Crippen MR) is 139 cm³/mol. The van der Waals surface area contributed by atoms with E-state index in [-0.39, 0.29) is 10.6 Å². The van der Waals surface area contributed by atoms with Gasteiger partial charge in [0.2, 0.25) is 10.0 Å². The molecule has 1 aromatic heterocycles. The highest BCUT2D eigenvalue weighted by atomic mass is 32.2. The first-order valence-corrected chi connectivity index (χ1v) is 13.6. The van der Waals surface area contributed by atoms with Crippen LogP contribution in [0.3, 0.4) is 0 Å². The van der Waals surface area contributed by atoms with Crippen LogP contribution in [0.4, 0.5) is 5.69 Å². The van der Waals surface area contributed by atoms with E-state index in [4.69, 9.17) is 0 Å². The molecule has 1 unspecified atom stereocenters. The van der Waals surface area contributed by atoms with Crippen LogP contribution in [-0.2, 0) is 15.8 Å². The van der Waals surface area contributed by atoms with Crippen LogP contribution in [0.2, 0.25) is 0 Å². The zero-order valence-corrected chi connectivity index (χ0v) is 21.6. The number of hydrogen-bond donors (Lipinski definition) is 1. The van der Waals surface area contributed by atoms with E-state index in [0.29, 0.717) is 16.7 Å². The molecule has 1 atom stereocenters. The van der Waals surface area contributed by atoms with Crippen molar-refractivity contribution in [2.75, 3.05) is 0 Å². The minimum absolute atomic E-state index is 0.0737. The van der Waals surface area contributed by atoms with Gasteiger partial charge in [0.25, 0.3) is 5.69 Å². The van der Waals surface area contributed by atoms with Gasteiger partial charge in [-0.1, -0.05) is 59.3 Å². The average Bonchev–Trinajstić information content (AvgIpc) is 3.27. The lowest BCUT2D eigenvalue weighted by atomic mass is 10.2. The number of sulfonamides is 1. The molecular weight excluding hydrogens is 498 g/mol. The van der Waals surface area contributed by atoms with Crippen LogP contribution >= 0.6 is 11.8 Å². The number of nitro groups is 1. The molecule has 0 aliphatic carbocycles. The van der Waals surface area contributed by atoms with Gasteiger partial charge < -0.3 is 0 Å². The molecule has 1 heterocycles. The molecule has 0 radical (unpaired) electrons. The third kappa shape index (κ3) is 5.81. The Hall–Kier alpha value is -3.54. The van der Waals surface area contributed by atoms with Crippen molar-refractivity contribution in [3.63, 3.8) is 0 Å². The lowest BCUT2D eigenvalue weighted by Crippen LogP contribution is -2.28. The smallest absolute Gasteiger partial charge is 0.269 e. The van der Waals surface area contributed by atoms with Gasteiger partial charge in [-0.25, -0.2) is 13.1 Å². The number of nitrogens with one attached hydrogen (secondary N) is 1. The number of aromatic nitrogens is 3. The average molecular weight is 524 g/mol. The standard InChI is InChI=1S/C25H25N5O4S2/c1-17-7-9-21(10-8-17)29-24(26-27-25(29)35-16-20-6-4-5-18(2)15-20)19(3)28-36(33,34)23-13-11-22(12-14-23)30(31)32/h4-15,19,28H,16H2,1-3H3. The molecule has 0 aliphatic heterocycles. The summed E-state index contributed by atoms with van der Waals surface area (Å²) in [6, 6.07) is 20.1. The van der Waals surface area contributed by atoms with Crippen LogP contribution in [0, 0.1) is 24.0 Å². The van der Waals surface area contributed by atoms with E-state index in [0.717, 1.165) is 28.9 Å². The first-order valence-electron chi connectivity index (χ1n) is 11.1. The Morgan fingerprint density at radius 2 is 1.69 bits per heavy atom. The summed E-state index contributed by atoms with van der Waals surface area (Å²) in [6.07, 6.45) is 0. The van der Waals surface area contributed by atoms with E-state index in [1.54, 1.807) is 6.92 Å². The highest BCUT2D eigenvalue weighted by Crippen LogP contribution is 2.29. The number of nitro benzene ring substituents is 1. The molecule has 186 valence electrons. The summed E-state index contributed by atoms with van der Waals surface area (Å²) in [5.41, 5.74) is 4.04. The molecule has 11 heteroatoms. The van der Waals surface area contributed by atoms with Crippen LogP contribution in [0.5, 0.6) is 0 Å². The van der Waals surface area contributed by atoms with Crippen molar-refractivity contribution in [3.05, 3.63) is 105 Å². The Labute approximate surface area is 213 Å². The van der Waals surface area contributed by atoms with Gasteiger partial charge in [-0.05, 0) is 50.6 Å². The SMILES string of the molecule is Cc1ccc(-n2c(SCc3cccc(C)c3)nnc2C(C)NS(=O)(=O)c2ccc([N+](=O)[O-])cc2)cc1. The molecule has 4 rings (SSSR count). The normalized spacial score (nSPS) is 12.4. The van der Waals surface area contributed by atoms with E-state index in [1.807, 2.05) is 54.8 Å². The maximum atomic E-state index is 13.0. The summed E-state index contributed by atoms with van der Waals surface area (Å²) < 4.78 is 30.5. The molecular formula is C25H25N5O4S2. The van der Waals surface area contributed by atoms with Crippen molar-refractivity contribution in [3.8, 4) is 5.69 Å². The van der Waals surface area contributed by atoms with Crippen molar-refractivity contribution in [1.29, 1.82) is 0 Å². The van der Waals surface area contributed by atoms with Crippen LogP contribution in [0.25, 0.3) is 5.69 Å². The van der Waals surface area contributed by atoms with Crippen LogP contribution in [0.15, 0.2) is 82.8 Å². The highest BCUT2D eigenvalue weighted by molar-refractivity contribution is 7.98. The summed E-state index contributed by atoms with van der Waals surface area (Å²) in [7, 11) is -3.97. The minimum atomic E-state index is -3.97. The molecule has 9 nitrogen and oxygen atoms in total. The van der Waals surface area contributed by atoms with Gasteiger partial charge in [0, 0.05) is 23.6 Å². The van der Waals surface area contributed by atoms with Gasteiger partial charge in [0.15, 0.2) is 11.0 Å². The number of nitrogens with zero attached hydrogens (tertiary/aromatic N) is 4. The molecule has 0 bridgehead atoms. The third-order valence-electron chi connectivity index (χ3n) is 5.48. The molecule has 0 saturated heterocycles. The first-order chi connectivity index (χ1) is 17.1. The Morgan fingerprint density at radius 1 is 1.00 bits per heavy atom. The molecule has 4 aromatic rings. The number of hydrogen-bond acceptors (Lipinski definition) is 7. The van der Waals surface area contributed by atoms with Crippen LogP contribution in [0.1, 0.15) is 35.5 Å². The van der Waals surface area contributed by atoms with Gasteiger partial charge in [0.05, 0.1) is 15.9 Å². The fourth-order valence-electron chi connectivity index (χ4n) is 3.64. The van der Waals surface area contributed by atoms with Crippen LogP contribution in [-0.4, -0.2) is 28.1 Å². The molecule has 0 fully saturated rings. The molecule has 0 amide bonds. The quantitative estimate of drug-likeness (QED) is 0.184. The lowest BCUT2D eigenvalue weighted by Gasteiger charge is -2.17. The van der Waals surface area contributed by atoms with Gasteiger partial charge >= 0.3 is 0 Å². The Morgan fingerprint density at radius 3 is 2.33 bits per heavy atom. The number of thioether (sulfide) groups is 1. The maximum Gasteiger partial charge on any atom is 0.269 e. The summed E-state index contributed by atoms with van der Waals surface area (Å²) in [5.74, 6) is 1.10. The number of rotatable bonds is 9. The number of non-ortho nitro benzene ring substituents is 1. The van der Waals surface area contributed by atoms with E-state index in [2.05, 4.69) is 27.1 Å². The Balaban J connectivity index is 1.64. The Kier molecular flexibility index (Phi) is 7.53. The first kappa shape index (κ1) is 25.5. The van der Waals surface area contributed by atoms with E-state index < -0.39 is 21.0 Å². The number of aryl methyl sites for hydroxylation is 2. The van der Waals surface area contributed by atoms with Crippen molar-refractivity contribution >= 4 is 27.5 Å². The summed E-state index contributed by atoms with van der Waals surface area (Å²) in [4.78, 5) is 10.3. The predicted octanol–water partition coefficient (Wildman–Crippen LogP) is 5.12. The van der Waals surface area contributed by atoms with Crippen molar-refractivity contribution in [2.45, 2.75) is 42.6 Å². The van der Waals surface area contributed by atoms with E-state index in [9.17, 15) is 18.5 Å². The largest absolute Gasteiger partial charge is 0.273 e. The zero-order valence-electron chi connectivity index (χ0n) is 20.0. The van der Waals surface area contributed by atoms with E-state index in [1.165, 1.54) is 29.5 Å². The van der Waals surface area contributed by atoms with Crippen LogP contribution < -0.4 is 4.72 Å². The number of benzene rings is 3. The van der Waals surface area contributed by atoms with Gasteiger partial charge in [-0.3, -0.25) is 14.7 Å². The van der Waals surface area contributed by atoms with Gasteiger partial charge in [-0.15, -0.1) is 10.2 Å². The monoisotopic (exact) mass is 523 g/mol. The van der Waals surface area contributed by atoms with Crippen molar-refractivity contribution in [2.24, 2.45) is 0 Å². The maximum absolute atomic E-state index is 13.0. The second-order valence-corrected chi connectivity index (χ2v) is 11.0. The molecule has 3 aromatic carbocycles. The Bertz CT molecular complexity index is 1480. The topological polar surface area (TPSA) is 120 Å². The van der Waals surface area contributed by atoms with Gasteiger partial charge in [0.1, 0.15) is 0 Å². The van der Waals surface area contributed by atoms with Crippen molar-refractivity contribution in [1.82, 2.24) is 19.5 Å². The summed E-state index contributed by atoms with van der Waals surface area (Å²) in [6.45, 7) is 5.72. The lowest BCUT2D eigenvalue weighted by molar-refractivity contribution is -0.384. The third-order valence-corrected chi connectivity index (χ3v) is 8.03.